The number of carbonyl (C=O) groups excluding carboxylic acids is 2. The van der Waals surface area contributed by atoms with Crippen molar-refractivity contribution in [1.82, 2.24) is 10.6 Å². The van der Waals surface area contributed by atoms with Gasteiger partial charge in [-0.1, -0.05) is 6.92 Å². The Morgan fingerprint density at radius 3 is 2.46 bits per heavy atom. The first kappa shape index (κ1) is 20.8. The van der Waals surface area contributed by atoms with Crippen LogP contribution in [0.4, 0.5) is 0 Å². The maximum absolute atomic E-state index is 11.4. The molecule has 0 saturated carbocycles. The smallest absolute Gasteiger partial charge is 0.219 e. The van der Waals surface area contributed by atoms with E-state index < -0.39 is 30.6 Å². The number of ether oxygens (including phenoxy) is 2. The van der Waals surface area contributed by atoms with E-state index in [9.17, 15) is 19.8 Å². The third kappa shape index (κ3) is 6.35. The van der Waals surface area contributed by atoms with Crippen molar-refractivity contribution < 1.29 is 29.3 Å². The molecule has 1 aliphatic heterocycles. The van der Waals surface area contributed by atoms with Gasteiger partial charge in [-0.25, -0.2) is 0 Å². The SMILES string of the molecule is CCNC(=O)CCCCO[C@@H]1O[C@H](CC)[C@H](O)[C@H](O)[C@H]1NC(C)=O. The van der Waals surface area contributed by atoms with E-state index in [0.29, 0.717) is 38.8 Å². The van der Waals surface area contributed by atoms with Crippen LogP contribution >= 0.6 is 0 Å². The topological polar surface area (TPSA) is 117 Å². The maximum Gasteiger partial charge on any atom is 0.219 e. The van der Waals surface area contributed by atoms with Gasteiger partial charge < -0.3 is 30.3 Å². The Morgan fingerprint density at radius 2 is 1.88 bits per heavy atom. The highest BCUT2D eigenvalue weighted by Gasteiger charge is 2.44. The van der Waals surface area contributed by atoms with E-state index in [1.54, 1.807) is 0 Å². The maximum atomic E-state index is 11.4. The number of nitrogens with one attached hydrogen (secondary N) is 2. The fraction of sp³-hybridized carbons (Fsp3) is 0.875. The van der Waals surface area contributed by atoms with Crippen LogP contribution in [0.1, 0.15) is 46.5 Å². The quantitative estimate of drug-likeness (QED) is 0.425. The molecule has 0 radical (unpaired) electrons. The number of unbranched alkanes of at least 4 members (excludes halogenated alkanes) is 1. The Kier molecular flexibility index (Phi) is 9.20. The predicted molar refractivity (Wildman–Crippen MR) is 87.1 cm³/mol. The lowest BCUT2D eigenvalue weighted by Crippen LogP contribution is -2.63. The molecule has 0 aromatic carbocycles. The van der Waals surface area contributed by atoms with E-state index in [1.165, 1.54) is 6.92 Å². The number of aliphatic hydroxyl groups excluding tert-OH is 2. The van der Waals surface area contributed by atoms with Crippen LogP contribution < -0.4 is 10.6 Å². The van der Waals surface area contributed by atoms with E-state index in [0.717, 1.165) is 0 Å². The molecule has 140 valence electrons. The summed E-state index contributed by atoms with van der Waals surface area (Å²) in [5.41, 5.74) is 0. The molecule has 8 nitrogen and oxygen atoms in total. The summed E-state index contributed by atoms with van der Waals surface area (Å²) in [5, 5.41) is 25.5. The average molecular weight is 346 g/mol. The summed E-state index contributed by atoms with van der Waals surface area (Å²) in [4.78, 5) is 22.7. The first-order valence-corrected chi connectivity index (χ1v) is 8.57. The Bertz CT molecular complexity index is 406. The number of hydrogen-bond acceptors (Lipinski definition) is 6. The van der Waals surface area contributed by atoms with Crippen LogP contribution in [0.5, 0.6) is 0 Å². The van der Waals surface area contributed by atoms with Crippen LogP contribution in [0.2, 0.25) is 0 Å². The molecule has 1 aliphatic rings. The number of carbonyl (C=O) groups is 2. The minimum atomic E-state index is -1.16. The van der Waals surface area contributed by atoms with E-state index in [4.69, 9.17) is 9.47 Å². The van der Waals surface area contributed by atoms with Crippen LogP contribution in [-0.4, -0.2) is 65.8 Å². The second-order valence-electron chi connectivity index (χ2n) is 5.94. The molecular weight excluding hydrogens is 316 g/mol. The van der Waals surface area contributed by atoms with Crippen molar-refractivity contribution in [2.45, 2.75) is 77.1 Å². The van der Waals surface area contributed by atoms with Gasteiger partial charge in [-0.2, -0.15) is 0 Å². The molecule has 1 saturated heterocycles. The third-order valence-corrected chi connectivity index (χ3v) is 3.93. The molecule has 0 bridgehead atoms. The van der Waals surface area contributed by atoms with E-state index in [2.05, 4.69) is 10.6 Å². The largest absolute Gasteiger partial charge is 0.388 e. The highest BCUT2D eigenvalue weighted by molar-refractivity contribution is 5.75. The third-order valence-electron chi connectivity index (χ3n) is 3.93. The number of hydrogen-bond donors (Lipinski definition) is 4. The molecule has 24 heavy (non-hydrogen) atoms. The molecule has 0 spiro atoms. The summed E-state index contributed by atoms with van der Waals surface area (Å²) in [5.74, 6) is -0.332. The Morgan fingerprint density at radius 1 is 1.17 bits per heavy atom. The van der Waals surface area contributed by atoms with Crippen molar-refractivity contribution >= 4 is 11.8 Å². The van der Waals surface area contributed by atoms with Crippen LogP contribution in [0.15, 0.2) is 0 Å². The lowest BCUT2D eigenvalue weighted by molar-refractivity contribution is -0.265. The number of amides is 2. The van der Waals surface area contributed by atoms with Crippen LogP contribution in [-0.2, 0) is 19.1 Å². The molecule has 8 heteroatoms. The molecule has 0 aromatic heterocycles. The first-order valence-electron chi connectivity index (χ1n) is 8.57. The minimum absolute atomic E-state index is 0.00660. The van der Waals surface area contributed by atoms with Gasteiger partial charge in [0, 0.05) is 26.5 Å². The summed E-state index contributed by atoms with van der Waals surface area (Å²) in [6, 6.07) is -0.830. The highest BCUT2D eigenvalue weighted by Crippen LogP contribution is 2.24. The predicted octanol–water partition coefficient (Wildman–Crippen LogP) is -0.329. The molecule has 1 rings (SSSR count). The number of aliphatic hydroxyl groups is 2. The summed E-state index contributed by atoms with van der Waals surface area (Å²) in [6.45, 7) is 5.98. The first-order chi connectivity index (χ1) is 11.4. The Balaban J connectivity index is 2.48. The zero-order chi connectivity index (χ0) is 18.1. The molecule has 4 N–H and O–H groups in total. The molecule has 5 atom stereocenters. The second kappa shape index (κ2) is 10.6. The van der Waals surface area contributed by atoms with Crippen molar-refractivity contribution in [3.05, 3.63) is 0 Å². The van der Waals surface area contributed by atoms with Gasteiger partial charge >= 0.3 is 0 Å². The molecule has 0 aromatic rings. The van der Waals surface area contributed by atoms with E-state index in [-0.39, 0.29) is 11.8 Å². The summed E-state index contributed by atoms with van der Waals surface area (Å²) < 4.78 is 11.3. The van der Waals surface area contributed by atoms with Gasteiger partial charge in [-0.3, -0.25) is 9.59 Å². The minimum Gasteiger partial charge on any atom is -0.388 e. The average Bonchev–Trinajstić information content (AvgIpc) is 2.53. The van der Waals surface area contributed by atoms with Gasteiger partial charge in [0.2, 0.25) is 11.8 Å². The Hall–Kier alpha value is -1.22. The van der Waals surface area contributed by atoms with Crippen molar-refractivity contribution in [3.8, 4) is 0 Å². The molecular formula is C16H30N2O6. The molecule has 1 heterocycles. The molecule has 2 amide bonds. The van der Waals surface area contributed by atoms with Crippen molar-refractivity contribution in [2.75, 3.05) is 13.2 Å². The van der Waals surface area contributed by atoms with Gasteiger partial charge in [0.15, 0.2) is 6.29 Å². The monoisotopic (exact) mass is 346 g/mol. The lowest BCUT2D eigenvalue weighted by Gasteiger charge is -2.42. The lowest BCUT2D eigenvalue weighted by atomic mass is 9.95. The molecule has 1 fully saturated rings. The standard InChI is InChI=1S/C16H30N2O6/c1-4-11-14(21)15(22)13(18-10(3)19)16(24-11)23-9-7-6-8-12(20)17-5-2/h11,13-16,21-22H,4-9H2,1-3H3,(H,17,20)(H,18,19)/t11-,13-,14+,15-,16-/m1/s1. The van der Waals surface area contributed by atoms with Crippen molar-refractivity contribution in [1.29, 1.82) is 0 Å². The van der Waals surface area contributed by atoms with Crippen molar-refractivity contribution in [2.24, 2.45) is 0 Å². The van der Waals surface area contributed by atoms with Gasteiger partial charge in [0.1, 0.15) is 18.2 Å². The zero-order valence-electron chi connectivity index (χ0n) is 14.7. The summed E-state index contributed by atoms with van der Waals surface area (Å²) in [7, 11) is 0. The Labute approximate surface area is 142 Å². The normalized spacial score (nSPS) is 30.0. The fourth-order valence-corrected chi connectivity index (χ4v) is 2.67. The summed E-state index contributed by atoms with van der Waals surface area (Å²) >= 11 is 0. The van der Waals surface area contributed by atoms with Gasteiger partial charge in [-0.05, 0) is 26.2 Å². The van der Waals surface area contributed by atoms with E-state index >= 15 is 0 Å². The van der Waals surface area contributed by atoms with Crippen LogP contribution in [0.25, 0.3) is 0 Å². The van der Waals surface area contributed by atoms with Gasteiger partial charge in [0.25, 0.3) is 0 Å². The van der Waals surface area contributed by atoms with Gasteiger partial charge in [-0.15, -0.1) is 0 Å². The van der Waals surface area contributed by atoms with Gasteiger partial charge in [0.05, 0.1) is 6.10 Å². The van der Waals surface area contributed by atoms with Crippen molar-refractivity contribution in [3.63, 3.8) is 0 Å². The fourth-order valence-electron chi connectivity index (χ4n) is 2.67. The second-order valence-corrected chi connectivity index (χ2v) is 5.94. The van der Waals surface area contributed by atoms with E-state index in [1.807, 2.05) is 13.8 Å². The number of rotatable bonds is 9. The molecule has 0 aliphatic carbocycles. The highest BCUT2D eigenvalue weighted by atomic mass is 16.7. The zero-order valence-corrected chi connectivity index (χ0v) is 14.7. The van der Waals surface area contributed by atoms with Crippen LogP contribution in [0.3, 0.4) is 0 Å². The van der Waals surface area contributed by atoms with Crippen LogP contribution in [0, 0.1) is 0 Å². The molecule has 0 unspecified atom stereocenters. The summed E-state index contributed by atoms with van der Waals surface area (Å²) in [6.07, 6.45) is -1.35.